The molecule has 0 amide bonds. The van der Waals surface area contributed by atoms with Gasteiger partial charge in [-0.1, -0.05) is 0 Å². The molecule has 1 aromatic heterocycles. The molecule has 2 N–H and O–H groups in total. The molecule has 0 aliphatic heterocycles. The average Bonchev–Trinajstić information content (AvgIpc) is 2.77. The molecule has 1 heterocycles. The van der Waals surface area contributed by atoms with Crippen LogP contribution in [0, 0.1) is 5.82 Å². The third kappa shape index (κ3) is 2.56. The normalized spacial score (nSPS) is 12.7. The maximum Gasteiger partial charge on any atom is 0.138 e. The minimum absolute atomic E-state index is 0.204. The summed E-state index contributed by atoms with van der Waals surface area (Å²) in [6.07, 6.45) is 1.78. The highest BCUT2D eigenvalue weighted by Crippen LogP contribution is 2.27. The quantitative estimate of drug-likeness (QED) is 0.913. The lowest BCUT2D eigenvalue weighted by atomic mass is 10.2. The fraction of sp³-hybridized carbons (Fsp3) is 0.250. The van der Waals surface area contributed by atoms with Gasteiger partial charge in [0.25, 0.3) is 0 Å². The predicted octanol–water partition coefficient (Wildman–Crippen LogP) is 3.26. The van der Waals surface area contributed by atoms with Crippen LogP contribution in [0.2, 0.25) is 0 Å². The van der Waals surface area contributed by atoms with Gasteiger partial charge in [0.1, 0.15) is 11.6 Å². The van der Waals surface area contributed by atoms with Gasteiger partial charge < -0.3 is 10.3 Å². The van der Waals surface area contributed by atoms with E-state index in [2.05, 4.69) is 31.2 Å². The Morgan fingerprint density at radius 1 is 1.47 bits per heavy atom. The highest BCUT2D eigenvalue weighted by atomic mass is 79.9. The lowest BCUT2D eigenvalue weighted by molar-refractivity contribution is 0.627. The maximum absolute atomic E-state index is 13.0. The van der Waals surface area contributed by atoms with E-state index in [1.807, 2.05) is 14.0 Å². The molecule has 1 aromatic carbocycles. The molecule has 3 nitrogen and oxygen atoms in total. The SMILES string of the molecule is CNC(C)c1cnc(-c2ccc(F)cc2Br)[nH]1. The van der Waals surface area contributed by atoms with E-state index in [1.54, 1.807) is 12.3 Å². The van der Waals surface area contributed by atoms with Crippen molar-refractivity contribution in [3.63, 3.8) is 0 Å². The summed E-state index contributed by atoms with van der Waals surface area (Å²) in [5.41, 5.74) is 1.85. The van der Waals surface area contributed by atoms with Crippen molar-refractivity contribution >= 4 is 15.9 Å². The number of H-pyrrole nitrogens is 1. The van der Waals surface area contributed by atoms with E-state index in [9.17, 15) is 4.39 Å². The number of aromatic amines is 1. The van der Waals surface area contributed by atoms with E-state index in [0.29, 0.717) is 4.47 Å². The highest BCUT2D eigenvalue weighted by molar-refractivity contribution is 9.10. The summed E-state index contributed by atoms with van der Waals surface area (Å²) >= 11 is 3.33. The number of halogens is 2. The van der Waals surface area contributed by atoms with Crippen LogP contribution in [0.3, 0.4) is 0 Å². The van der Waals surface area contributed by atoms with Crippen LogP contribution < -0.4 is 5.32 Å². The van der Waals surface area contributed by atoms with Crippen molar-refractivity contribution in [1.29, 1.82) is 0 Å². The van der Waals surface area contributed by atoms with Crippen molar-refractivity contribution in [3.05, 3.63) is 40.4 Å². The molecule has 0 saturated carbocycles. The van der Waals surface area contributed by atoms with Crippen molar-refractivity contribution < 1.29 is 4.39 Å². The van der Waals surface area contributed by atoms with Crippen LogP contribution in [0.25, 0.3) is 11.4 Å². The van der Waals surface area contributed by atoms with Gasteiger partial charge in [0.2, 0.25) is 0 Å². The summed E-state index contributed by atoms with van der Waals surface area (Å²) < 4.78 is 13.7. The third-order valence-electron chi connectivity index (χ3n) is 2.68. The van der Waals surface area contributed by atoms with E-state index in [-0.39, 0.29) is 11.9 Å². The Morgan fingerprint density at radius 3 is 2.88 bits per heavy atom. The maximum atomic E-state index is 13.0. The van der Waals surface area contributed by atoms with Crippen LogP contribution in [0.5, 0.6) is 0 Å². The first-order valence-electron chi connectivity index (χ1n) is 5.29. The van der Waals surface area contributed by atoms with E-state index in [1.165, 1.54) is 12.1 Å². The van der Waals surface area contributed by atoms with Crippen molar-refractivity contribution in [3.8, 4) is 11.4 Å². The fourth-order valence-corrected chi connectivity index (χ4v) is 2.07. The molecule has 0 aliphatic rings. The molecule has 0 bridgehead atoms. The lowest BCUT2D eigenvalue weighted by Gasteiger charge is -2.06. The summed E-state index contributed by atoms with van der Waals surface area (Å²) in [6.45, 7) is 2.04. The Kier molecular flexibility index (Phi) is 3.59. The monoisotopic (exact) mass is 297 g/mol. The molecule has 2 aromatic rings. The Bertz CT molecular complexity index is 524. The molecular formula is C12H13BrFN3. The van der Waals surface area contributed by atoms with Gasteiger partial charge in [0.05, 0.1) is 11.9 Å². The van der Waals surface area contributed by atoms with Crippen molar-refractivity contribution in [2.45, 2.75) is 13.0 Å². The summed E-state index contributed by atoms with van der Waals surface area (Å²) in [7, 11) is 1.89. The first kappa shape index (κ1) is 12.3. The minimum Gasteiger partial charge on any atom is -0.341 e. The predicted molar refractivity (Wildman–Crippen MR) is 69.2 cm³/mol. The summed E-state index contributed by atoms with van der Waals surface area (Å²) in [5, 5.41) is 3.13. The number of rotatable bonds is 3. The largest absolute Gasteiger partial charge is 0.341 e. The van der Waals surface area contributed by atoms with Gasteiger partial charge in [-0.05, 0) is 48.1 Å². The van der Waals surface area contributed by atoms with Gasteiger partial charge in [-0.3, -0.25) is 0 Å². The Morgan fingerprint density at radius 2 is 2.24 bits per heavy atom. The summed E-state index contributed by atoms with van der Waals surface area (Å²) in [5.74, 6) is 0.463. The molecule has 0 aliphatic carbocycles. The second-order valence-electron chi connectivity index (χ2n) is 3.82. The Hall–Kier alpha value is -1.20. The highest BCUT2D eigenvalue weighted by Gasteiger charge is 2.10. The number of benzene rings is 1. The van der Waals surface area contributed by atoms with E-state index >= 15 is 0 Å². The first-order valence-corrected chi connectivity index (χ1v) is 6.08. The fourth-order valence-electron chi connectivity index (χ4n) is 1.53. The molecule has 1 unspecified atom stereocenters. The molecule has 1 atom stereocenters. The van der Waals surface area contributed by atoms with Gasteiger partial charge in [-0.2, -0.15) is 0 Å². The number of aromatic nitrogens is 2. The second-order valence-corrected chi connectivity index (χ2v) is 4.68. The third-order valence-corrected chi connectivity index (χ3v) is 3.34. The van der Waals surface area contributed by atoms with Gasteiger partial charge in [-0.15, -0.1) is 0 Å². The molecule has 0 fully saturated rings. The van der Waals surface area contributed by atoms with E-state index in [4.69, 9.17) is 0 Å². The zero-order valence-corrected chi connectivity index (χ0v) is 11.2. The van der Waals surface area contributed by atoms with Crippen molar-refractivity contribution in [1.82, 2.24) is 15.3 Å². The summed E-state index contributed by atoms with van der Waals surface area (Å²) in [6, 6.07) is 4.75. The van der Waals surface area contributed by atoms with Crippen molar-refractivity contribution in [2.24, 2.45) is 0 Å². The van der Waals surface area contributed by atoms with E-state index in [0.717, 1.165) is 17.1 Å². The van der Waals surface area contributed by atoms with Gasteiger partial charge in [0, 0.05) is 16.1 Å². The van der Waals surface area contributed by atoms with Gasteiger partial charge in [0.15, 0.2) is 0 Å². The Labute approximate surface area is 108 Å². The molecule has 0 spiro atoms. The van der Waals surface area contributed by atoms with Crippen LogP contribution in [-0.4, -0.2) is 17.0 Å². The van der Waals surface area contributed by atoms with Crippen LogP contribution in [0.1, 0.15) is 18.7 Å². The molecular weight excluding hydrogens is 285 g/mol. The lowest BCUT2D eigenvalue weighted by Crippen LogP contribution is -2.12. The molecule has 5 heteroatoms. The number of nitrogens with one attached hydrogen (secondary N) is 2. The minimum atomic E-state index is -0.268. The van der Waals surface area contributed by atoms with Crippen LogP contribution in [0.15, 0.2) is 28.9 Å². The number of hydrogen-bond acceptors (Lipinski definition) is 2. The number of hydrogen-bond donors (Lipinski definition) is 2. The van der Waals surface area contributed by atoms with Crippen LogP contribution >= 0.6 is 15.9 Å². The number of imidazole rings is 1. The smallest absolute Gasteiger partial charge is 0.138 e. The average molecular weight is 298 g/mol. The van der Waals surface area contributed by atoms with Crippen molar-refractivity contribution in [2.75, 3.05) is 7.05 Å². The Balaban J connectivity index is 2.37. The van der Waals surface area contributed by atoms with Crippen LogP contribution in [0.4, 0.5) is 4.39 Å². The molecule has 90 valence electrons. The van der Waals surface area contributed by atoms with Gasteiger partial charge >= 0.3 is 0 Å². The molecule has 17 heavy (non-hydrogen) atoms. The first-order chi connectivity index (χ1) is 8.11. The van der Waals surface area contributed by atoms with Gasteiger partial charge in [-0.25, -0.2) is 9.37 Å². The zero-order valence-electron chi connectivity index (χ0n) is 9.59. The number of nitrogens with zero attached hydrogens (tertiary/aromatic N) is 1. The van der Waals surface area contributed by atoms with Crippen LogP contribution in [-0.2, 0) is 0 Å². The van der Waals surface area contributed by atoms with E-state index < -0.39 is 0 Å². The molecule has 0 saturated heterocycles. The molecule has 2 rings (SSSR count). The molecule has 0 radical (unpaired) electrons. The summed E-state index contributed by atoms with van der Waals surface area (Å²) in [4.78, 5) is 7.51. The second kappa shape index (κ2) is 4.98. The topological polar surface area (TPSA) is 40.7 Å². The standard InChI is InChI=1S/C12H13BrFN3/c1-7(15-2)11-6-16-12(17-11)9-4-3-8(14)5-10(9)13/h3-7,15H,1-2H3,(H,16,17). The zero-order chi connectivity index (χ0) is 12.4.